The van der Waals surface area contributed by atoms with Crippen molar-refractivity contribution in [3.05, 3.63) is 34.6 Å². The van der Waals surface area contributed by atoms with Gasteiger partial charge in [0.05, 0.1) is 5.02 Å². The summed E-state index contributed by atoms with van der Waals surface area (Å²) < 4.78 is 13.2. The van der Waals surface area contributed by atoms with Crippen LogP contribution in [0.1, 0.15) is 24.8 Å². The number of ketones is 1. The first-order valence-corrected chi connectivity index (χ1v) is 6.70. The zero-order chi connectivity index (χ0) is 13.0. The number of hydrogen-bond donors (Lipinski definition) is 1. The number of carbonyl (C=O) groups excluding carboxylic acids is 1. The maximum absolute atomic E-state index is 13.2. The van der Waals surface area contributed by atoms with Crippen LogP contribution in [0.5, 0.6) is 0 Å². The molecule has 1 fully saturated rings. The Balaban J connectivity index is 1.84. The van der Waals surface area contributed by atoms with Gasteiger partial charge in [0.1, 0.15) is 11.6 Å². The van der Waals surface area contributed by atoms with Crippen LogP contribution in [0.25, 0.3) is 0 Å². The van der Waals surface area contributed by atoms with E-state index in [1.807, 2.05) is 0 Å². The molecule has 1 saturated heterocycles. The fourth-order valence-corrected chi connectivity index (χ4v) is 2.50. The summed E-state index contributed by atoms with van der Waals surface area (Å²) in [4.78, 5) is 11.8. The van der Waals surface area contributed by atoms with Gasteiger partial charge < -0.3 is 5.32 Å². The molecule has 98 valence electrons. The summed E-state index contributed by atoms with van der Waals surface area (Å²) in [5.74, 6) is 0.285. The summed E-state index contributed by atoms with van der Waals surface area (Å²) in [5.41, 5.74) is 0.589. The van der Waals surface area contributed by atoms with E-state index in [1.165, 1.54) is 6.07 Å². The van der Waals surface area contributed by atoms with E-state index in [-0.39, 0.29) is 17.2 Å². The molecule has 1 aromatic carbocycles. The molecule has 0 saturated carbocycles. The van der Waals surface area contributed by atoms with Crippen molar-refractivity contribution in [1.29, 1.82) is 0 Å². The van der Waals surface area contributed by atoms with Crippen molar-refractivity contribution in [2.24, 2.45) is 5.92 Å². The first-order valence-electron chi connectivity index (χ1n) is 6.32. The van der Waals surface area contributed by atoms with Crippen LogP contribution >= 0.6 is 11.6 Å². The van der Waals surface area contributed by atoms with Gasteiger partial charge in [-0.3, -0.25) is 4.79 Å². The van der Waals surface area contributed by atoms with Crippen molar-refractivity contribution in [2.45, 2.75) is 25.7 Å². The van der Waals surface area contributed by atoms with Gasteiger partial charge in [0, 0.05) is 12.8 Å². The highest BCUT2D eigenvalue weighted by Gasteiger charge is 2.16. The zero-order valence-electron chi connectivity index (χ0n) is 10.2. The van der Waals surface area contributed by atoms with Crippen molar-refractivity contribution in [3.63, 3.8) is 0 Å². The Morgan fingerprint density at radius 2 is 2.33 bits per heavy atom. The molecule has 18 heavy (non-hydrogen) atoms. The van der Waals surface area contributed by atoms with Crippen molar-refractivity contribution in [1.82, 2.24) is 5.32 Å². The maximum Gasteiger partial charge on any atom is 0.142 e. The Labute approximate surface area is 112 Å². The van der Waals surface area contributed by atoms with Crippen LogP contribution in [-0.2, 0) is 11.2 Å². The lowest BCUT2D eigenvalue weighted by Crippen LogP contribution is -2.11. The van der Waals surface area contributed by atoms with Crippen molar-refractivity contribution in [2.75, 3.05) is 13.1 Å². The van der Waals surface area contributed by atoms with E-state index in [2.05, 4.69) is 5.32 Å². The number of hydrogen-bond acceptors (Lipinski definition) is 2. The van der Waals surface area contributed by atoms with Gasteiger partial charge in [-0.25, -0.2) is 4.39 Å². The van der Waals surface area contributed by atoms with Crippen LogP contribution in [0.15, 0.2) is 18.2 Å². The smallest absolute Gasteiger partial charge is 0.142 e. The fourth-order valence-electron chi connectivity index (χ4n) is 2.31. The molecule has 1 aliphatic rings. The summed E-state index contributed by atoms with van der Waals surface area (Å²) >= 11 is 5.83. The lowest BCUT2D eigenvalue weighted by Gasteiger charge is -2.08. The average Bonchev–Trinajstić information content (AvgIpc) is 2.86. The highest BCUT2D eigenvalue weighted by atomic mass is 35.5. The first kappa shape index (κ1) is 13.5. The summed E-state index contributed by atoms with van der Waals surface area (Å²) in [7, 11) is 0. The number of halogens is 2. The summed E-state index contributed by atoms with van der Waals surface area (Å²) in [6.45, 7) is 2.06. The second-order valence-electron chi connectivity index (χ2n) is 4.83. The predicted octanol–water partition coefficient (Wildman–Crippen LogP) is 2.98. The molecule has 2 nitrogen and oxygen atoms in total. The van der Waals surface area contributed by atoms with Crippen LogP contribution < -0.4 is 5.32 Å². The Morgan fingerprint density at radius 1 is 1.50 bits per heavy atom. The van der Waals surface area contributed by atoms with Gasteiger partial charge in [-0.2, -0.15) is 0 Å². The second kappa shape index (κ2) is 6.30. The summed E-state index contributed by atoms with van der Waals surface area (Å²) in [5, 5.41) is 3.36. The molecule has 0 aliphatic carbocycles. The van der Waals surface area contributed by atoms with Gasteiger partial charge in [0.25, 0.3) is 0 Å². The Bertz CT molecular complexity index is 430. The van der Waals surface area contributed by atoms with Crippen LogP contribution in [0.2, 0.25) is 5.02 Å². The minimum Gasteiger partial charge on any atom is -0.316 e. The Hall–Kier alpha value is -0.930. The van der Waals surface area contributed by atoms with Crippen LogP contribution in [0.4, 0.5) is 4.39 Å². The normalized spacial score (nSPS) is 19.1. The molecule has 2 rings (SSSR count). The third kappa shape index (κ3) is 3.53. The molecule has 0 radical (unpaired) electrons. The van der Waals surface area contributed by atoms with Gasteiger partial charge >= 0.3 is 0 Å². The van der Waals surface area contributed by atoms with Crippen LogP contribution in [0, 0.1) is 11.7 Å². The maximum atomic E-state index is 13.2. The quantitative estimate of drug-likeness (QED) is 0.890. The average molecular weight is 270 g/mol. The Morgan fingerprint density at radius 3 is 3.06 bits per heavy atom. The van der Waals surface area contributed by atoms with Crippen molar-refractivity contribution in [3.8, 4) is 0 Å². The Kier molecular flexibility index (Phi) is 4.72. The van der Waals surface area contributed by atoms with Gasteiger partial charge in [0.2, 0.25) is 0 Å². The number of rotatable bonds is 5. The molecule has 0 bridgehead atoms. The fraction of sp³-hybridized carbons (Fsp3) is 0.500. The standard InChI is InChI=1S/C14H17ClFNO/c15-14-11(2-1-3-13(14)16)8-12(18)5-4-10-6-7-17-9-10/h1-3,10,17H,4-9H2. The molecule has 0 amide bonds. The minimum absolute atomic E-state index is 0.0772. The van der Waals surface area contributed by atoms with E-state index >= 15 is 0 Å². The highest BCUT2D eigenvalue weighted by molar-refractivity contribution is 6.31. The third-order valence-corrected chi connectivity index (χ3v) is 3.84. The lowest BCUT2D eigenvalue weighted by atomic mass is 9.98. The summed E-state index contributed by atoms with van der Waals surface area (Å²) in [6, 6.07) is 4.60. The van der Waals surface area contributed by atoms with Crippen molar-refractivity contribution >= 4 is 17.4 Å². The lowest BCUT2D eigenvalue weighted by molar-refractivity contribution is -0.118. The number of nitrogens with one attached hydrogen (secondary N) is 1. The predicted molar refractivity (Wildman–Crippen MR) is 70.3 cm³/mol. The van der Waals surface area contributed by atoms with E-state index in [1.54, 1.807) is 12.1 Å². The molecular formula is C14H17ClFNO. The second-order valence-corrected chi connectivity index (χ2v) is 5.20. The first-order chi connectivity index (χ1) is 8.66. The topological polar surface area (TPSA) is 29.1 Å². The molecule has 4 heteroatoms. The van der Waals surface area contributed by atoms with Crippen molar-refractivity contribution < 1.29 is 9.18 Å². The monoisotopic (exact) mass is 269 g/mol. The van der Waals surface area contributed by atoms with E-state index in [4.69, 9.17) is 11.6 Å². The van der Waals surface area contributed by atoms with E-state index in [9.17, 15) is 9.18 Å². The molecule has 1 aromatic rings. The van der Waals surface area contributed by atoms with Gasteiger partial charge in [-0.15, -0.1) is 0 Å². The van der Waals surface area contributed by atoms with Crippen LogP contribution in [-0.4, -0.2) is 18.9 Å². The molecule has 1 heterocycles. The largest absolute Gasteiger partial charge is 0.316 e. The summed E-state index contributed by atoms with van der Waals surface area (Å²) in [6.07, 6.45) is 2.85. The number of carbonyl (C=O) groups is 1. The SMILES string of the molecule is O=C(CCC1CCNC1)Cc1cccc(F)c1Cl. The van der Waals surface area contributed by atoms with Gasteiger partial charge in [-0.05, 0) is 43.5 Å². The zero-order valence-corrected chi connectivity index (χ0v) is 11.0. The highest BCUT2D eigenvalue weighted by Crippen LogP contribution is 2.21. The third-order valence-electron chi connectivity index (χ3n) is 3.41. The molecule has 0 spiro atoms. The minimum atomic E-state index is -0.457. The molecule has 1 unspecified atom stereocenters. The van der Waals surface area contributed by atoms with Gasteiger partial charge in [-0.1, -0.05) is 23.7 Å². The molecule has 0 aromatic heterocycles. The molecule has 1 N–H and O–H groups in total. The van der Waals surface area contributed by atoms with Crippen LogP contribution in [0.3, 0.4) is 0 Å². The van der Waals surface area contributed by atoms with E-state index < -0.39 is 5.82 Å². The number of Topliss-reactive ketones (excluding diaryl/α,β-unsaturated/α-hetero) is 1. The number of benzene rings is 1. The van der Waals surface area contributed by atoms with E-state index in [0.29, 0.717) is 17.9 Å². The van der Waals surface area contributed by atoms with E-state index in [0.717, 1.165) is 25.9 Å². The van der Waals surface area contributed by atoms with Gasteiger partial charge in [0.15, 0.2) is 0 Å². The molecular weight excluding hydrogens is 253 g/mol. The molecule has 1 aliphatic heterocycles. The molecule has 1 atom stereocenters.